The predicted molar refractivity (Wildman–Crippen MR) is 61.2 cm³/mol. The van der Waals surface area contributed by atoms with Gasteiger partial charge in [-0.2, -0.15) is 0 Å². The van der Waals surface area contributed by atoms with Crippen LogP contribution in [0, 0.1) is 0 Å². The molecule has 0 aromatic carbocycles. The van der Waals surface area contributed by atoms with Crippen molar-refractivity contribution in [2.75, 3.05) is 13.2 Å². The minimum Gasteiger partial charge on any atom is -0.593 e. The highest BCUT2D eigenvalue weighted by Crippen LogP contribution is 1.91. The lowest BCUT2D eigenvalue weighted by atomic mass is 10.4. The van der Waals surface area contributed by atoms with Crippen molar-refractivity contribution in [3.63, 3.8) is 0 Å². The van der Waals surface area contributed by atoms with Crippen LogP contribution in [0.15, 0.2) is 47.8 Å². The Bertz CT molecular complexity index is 443. The standard InChI is InChI=1S/C12H14N2O4/c1-10(2)11(15)17-8-9-18-12(16)13-14-6-4-3-5-7-14/h3-7H,1,8-9H2,2H3. The Balaban J connectivity index is 2.29. The van der Waals surface area contributed by atoms with E-state index in [4.69, 9.17) is 9.47 Å². The van der Waals surface area contributed by atoms with Crippen LogP contribution in [0.5, 0.6) is 0 Å². The number of nitrogens with zero attached hydrogens (tertiary/aromatic N) is 2. The third-order valence-electron chi connectivity index (χ3n) is 1.79. The molecule has 0 N–H and O–H groups in total. The molecular formula is C12H14N2O4. The van der Waals surface area contributed by atoms with Gasteiger partial charge < -0.3 is 14.6 Å². The predicted octanol–water partition coefficient (Wildman–Crippen LogP) is -0.411. The van der Waals surface area contributed by atoms with Crippen molar-refractivity contribution in [3.8, 4) is 0 Å². The van der Waals surface area contributed by atoms with Crippen molar-refractivity contribution in [2.24, 2.45) is 5.10 Å². The van der Waals surface area contributed by atoms with Crippen LogP contribution in [-0.2, 0) is 14.3 Å². The molecule has 6 heteroatoms. The Morgan fingerprint density at radius 2 is 1.89 bits per heavy atom. The molecule has 0 bridgehead atoms. The van der Waals surface area contributed by atoms with E-state index in [1.54, 1.807) is 30.6 Å². The average Bonchev–Trinajstić information content (AvgIpc) is 2.35. The van der Waals surface area contributed by atoms with Gasteiger partial charge in [0.2, 0.25) is 18.5 Å². The molecule has 1 rings (SSSR count). The molecule has 6 nitrogen and oxygen atoms in total. The molecule has 1 heterocycles. The van der Waals surface area contributed by atoms with Gasteiger partial charge in [0.1, 0.15) is 6.61 Å². The number of hydrogen-bond acceptors (Lipinski definition) is 5. The number of rotatable bonds is 5. The van der Waals surface area contributed by atoms with E-state index in [1.165, 1.54) is 11.6 Å². The first kappa shape index (κ1) is 13.7. The molecule has 0 spiro atoms. The van der Waals surface area contributed by atoms with Crippen molar-refractivity contribution < 1.29 is 24.1 Å². The van der Waals surface area contributed by atoms with Crippen LogP contribution in [0.3, 0.4) is 0 Å². The molecule has 0 atom stereocenters. The van der Waals surface area contributed by atoms with Gasteiger partial charge in [-0.1, -0.05) is 17.3 Å². The summed E-state index contributed by atoms with van der Waals surface area (Å²) in [4.78, 5) is 11.0. The summed E-state index contributed by atoms with van der Waals surface area (Å²) in [5.74, 6) is -0.513. The molecule has 18 heavy (non-hydrogen) atoms. The van der Waals surface area contributed by atoms with E-state index in [2.05, 4.69) is 11.7 Å². The number of hydrogen-bond donors (Lipinski definition) is 0. The second-order valence-corrected chi connectivity index (χ2v) is 3.39. The fourth-order valence-corrected chi connectivity index (χ4v) is 0.966. The van der Waals surface area contributed by atoms with Gasteiger partial charge >= 0.3 is 5.97 Å². The number of ether oxygens (including phenoxy) is 2. The largest absolute Gasteiger partial charge is 0.593 e. The summed E-state index contributed by atoms with van der Waals surface area (Å²) < 4.78 is 10.8. The van der Waals surface area contributed by atoms with E-state index in [1.807, 2.05) is 0 Å². The number of esters is 1. The minimum atomic E-state index is -0.752. The average molecular weight is 250 g/mol. The number of carbonyl (C=O) groups excluding carboxylic acids is 1. The van der Waals surface area contributed by atoms with E-state index in [-0.39, 0.29) is 13.2 Å². The Labute approximate surface area is 105 Å². The monoisotopic (exact) mass is 250 g/mol. The summed E-state index contributed by atoms with van der Waals surface area (Å²) in [6.45, 7) is 4.89. The molecule has 0 saturated carbocycles. The van der Waals surface area contributed by atoms with Crippen LogP contribution in [0.2, 0.25) is 0 Å². The summed E-state index contributed by atoms with van der Waals surface area (Å²) >= 11 is 0. The lowest BCUT2D eigenvalue weighted by Gasteiger charge is -2.11. The molecule has 0 saturated heterocycles. The fourth-order valence-electron chi connectivity index (χ4n) is 0.966. The molecule has 0 aliphatic carbocycles. The summed E-state index contributed by atoms with van der Waals surface area (Å²) in [6.07, 6.45) is 2.45. The summed E-state index contributed by atoms with van der Waals surface area (Å²) in [7, 11) is 0. The number of aromatic nitrogens is 1. The third kappa shape index (κ3) is 5.11. The maximum absolute atomic E-state index is 11.2. The van der Waals surface area contributed by atoms with Gasteiger partial charge in [-0.25, -0.2) is 4.79 Å². The molecule has 0 amide bonds. The normalized spacial score (nSPS) is 10.8. The highest BCUT2D eigenvalue weighted by atomic mass is 16.6. The zero-order valence-corrected chi connectivity index (χ0v) is 10.0. The first-order valence-electron chi connectivity index (χ1n) is 5.27. The van der Waals surface area contributed by atoms with Gasteiger partial charge in [0.05, 0.1) is 0 Å². The van der Waals surface area contributed by atoms with Gasteiger partial charge in [0.15, 0.2) is 0 Å². The van der Waals surface area contributed by atoms with Crippen LogP contribution in [-0.4, -0.2) is 25.3 Å². The molecule has 0 radical (unpaired) electrons. The topological polar surface area (TPSA) is 74.8 Å². The Morgan fingerprint density at radius 1 is 1.28 bits per heavy atom. The zero-order chi connectivity index (χ0) is 13.4. The first-order valence-corrected chi connectivity index (χ1v) is 5.27. The van der Waals surface area contributed by atoms with E-state index < -0.39 is 12.1 Å². The molecule has 0 aliphatic rings. The van der Waals surface area contributed by atoms with Crippen LogP contribution >= 0.6 is 0 Å². The van der Waals surface area contributed by atoms with Crippen molar-refractivity contribution in [2.45, 2.75) is 6.92 Å². The number of pyridine rings is 1. The number of carbonyl (C=O) groups is 1. The van der Waals surface area contributed by atoms with Gasteiger partial charge in [-0.3, -0.25) is 0 Å². The van der Waals surface area contributed by atoms with E-state index in [0.29, 0.717) is 5.57 Å². The third-order valence-corrected chi connectivity index (χ3v) is 1.79. The summed E-state index contributed by atoms with van der Waals surface area (Å²) in [5, 5.41) is 14.8. The van der Waals surface area contributed by atoms with Crippen molar-refractivity contribution in [1.82, 2.24) is 0 Å². The van der Waals surface area contributed by atoms with Gasteiger partial charge in [-0.05, 0) is 6.92 Å². The minimum absolute atomic E-state index is 0.0214. The molecule has 1 aromatic heterocycles. The van der Waals surface area contributed by atoms with Crippen LogP contribution in [0.4, 0.5) is 0 Å². The van der Waals surface area contributed by atoms with Gasteiger partial charge in [0.25, 0.3) is 0 Å². The van der Waals surface area contributed by atoms with E-state index in [0.717, 1.165) is 0 Å². The molecule has 96 valence electrons. The van der Waals surface area contributed by atoms with Crippen LogP contribution in [0.1, 0.15) is 6.92 Å². The highest BCUT2D eigenvalue weighted by Gasteiger charge is 2.01. The Kier molecular flexibility index (Phi) is 5.37. The van der Waals surface area contributed by atoms with Crippen LogP contribution < -0.4 is 9.78 Å². The lowest BCUT2D eigenvalue weighted by molar-refractivity contribution is -0.682. The highest BCUT2D eigenvalue weighted by molar-refractivity contribution is 5.86. The first-order chi connectivity index (χ1) is 8.59. The fraction of sp³-hybridized carbons (Fsp3) is 0.250. The quantitative estimate of drug-likeness (QED) is 0.178. The van der Waals surface area contributed by atoms with E-state index in [9.17, 15) is 9.90 Å². The van der Waals surface area contributed by atoms with E-state index >= 15 is 0 Å². The second kappa shape index (κ2) is 7.05. The SMILES string of the molecule is C=C(C)C(=O)OCCO/C([O-])=N/[n+]1ccccc1. The van der Waals surface area contributed by atoms with Crippen LogP contribution in [0.25, 0.3) is 0 Å². The second-order valence-electron chi connectivity index (χ2n) is 3.39. The maximum atomic E-state index is 11.2. The van der Waals surface area contributed by atoms with Gasteiger partial charge in [0, 0.05) is 29.4 Å². The molecule has 0 unspecified atom stereocenters. The summed E-state index contributed by atoms with van der Waals surface area (Å²) in [5.41, 5.74) is 0.297. The molecule has 0 aliphatic heterocycles. The maximum Gasteiger partial charge on any atom is 0.333 e. The van der Waals surface area contributed by atoms with Crippen molar-refractivity contribution in [1.29, 1.82) is 0 Å². The molecule has 1 aromatic rings. The summed E-state index contributed by atoms with van der Waals surface area (Å²) in [6, 6.07) is 5.26. The van der Waals surface area contributed by atoms with Crippen molar-refractivity contribution >= 4 is 12.1 Å². The van der Waals surface area contributed by atoms with Crippen molar-refractivity contribution in [3.05, 3.63) is 42.7 Å². The van der Waals surface area contributed by atoms with Gasteiger partial charge in [-0.15, -0.1) is 0 Å². The Morgan fingerprint density at radius 3 is 2.50 bits per heavy atom. The Hall–Kier alpha value is -2.37. The molecular weight excluding hydrogens is 236 g/mol. The smallest absolute Gasteiger partial charge is 0.333 e. The lowest BCUT2D eigenvalue weighted by Crippen LogP contribution is -2.34. The zero-order valence-electron chi connectivity index (χ0n) is 10.0. The molecule has 0 fully saturated rings.